The summed E-state index contributed by atoms with van der Waals surface area (Å²) in [5.41, 5.74) is 6.48. The molecule has 4 nitrogen and oxygen atoms in total. The standard InChI is InChI=1S/C14H29N3O/c1-12-14(10-15,8-9-18-12)17(4)11-13(16(2)3)6-5-7-13/h12H,5-11,15H2,1-4H3. The van der Waals surface area contributed by atoms with Gasteiger partial charge in [0.25, 0.3) is 0 Å². The van der Waals surface area contributed by atoms with Crippen molar-refractivity contribution in [3.05, 3.63) is 0 Å². The summed E-state index contributed by atoms with van der Waals surface area (Å²) in [5.74, 6) is 0. The van der Waals surface area contributed by atoms with E-state index in [0.29, 0.717) is 12.1 Å². The highest BCUT2D eigenvalue weighted by molar-refractivity contribution is 5.05. The molecule has 1 saturated carbocycles. The van der Waals surface area contributed by atoms with Crippen molar-refractivity contribution in [1.82, 2.24) is 9.80 Å². The molecule has 1 aliphatic carbocycles. The molecule has 2 N–H and O–H groups in total. The van der Waals surface area contributed by atoms with Gasteiger partial charge in [0.2, 0.25) is 0 Å². The fourth-order valence-corrected chi connectivity index (χ4v) is 3.63. The lowest BCUT2D eigenvalue weighted by molar-refractivity contribution is -0.0305. The van der Waals surface area contributed by atoms with Crippen molar-refractivity contribution >= 4 is 0 Å². The highest BCUT2D eigenvalue weighted by Gasteiger charge is 2.48. The SMILES string of the molecule is CC1OCCC1(CN)N(C)CC1(N(C)C)CCC1. The van der Waals surface area contributed by atoms with Gasteiger partial charge in [-0.15, -0.1) is 0 Å². The zero-order chi connectivity index (χ0) is 13.4. The first-order valence-electron chi connectivity index (χ1n) is 7.17. The number of hydrogen-bond donors (Lipinski definition) is 1. The molecule has 2 fully saturated rings. The molecule has 2 atom stereocenters. The number of rotatable bonds is 5. The van der Waals surface area contributed by atoms with Crippen LogP contribution in [0.5, 0.6) is 0 Å². The van der Waals surface area contributed by atoms with Crippen molar-refractivity contribution in [2.75, 3.05) is 40.8 Å². The second-order valence-corrected chi connectivity index (χ2v) is 6.40. The van der Waals surface area contributed by atoms with Crippen LogP contribution in [0.15, 0.2) is 0 Å². The van der Waals surface area contributed by atoms with Gasteiger partial charge < -0.3 is 15.4 Å². The van der Waals surface area contributed by atoms with Crippen LogP contribution in [0.3, 0.4) is 0 Å². The minimum absolute atomic E-state index is 0.0403. The predicted molar refractivity (Wildman–Crippen MR) is 74.7 cm³/mol. The number of nitrogens with two attached hydrogens (primary N) is 1. The first-order valence-corrected chi connectivity index (χ1v) is 7.17. The topological polar surface area (TPSA) is 41.7 Å². The van der Waals surface area contributed by atoms with Crippen LogP contribution in [0.4, 0.5) is 0 Å². The third-order valence-electron chi connectivity index (χ3n) is 5.54. The van der Waals surface area contributed by atoms with Gasteiger partial charge in [-0.1, -0.05) is 0 Å². The molecule has 0 amide bonds. The van der Waals surface area contributed by atoms with E-state index in [-0.39, 0.29) is 11.6 Å². The summed E-state index contributed by atoms with van der Waals surface area (Å²) in [4.78, 5) is 4.88. The van der Waals surface area contributed by atoms with Crippen LogP contribution >= 0.6 is 0 Å². The zero-order valence-corrected chi connectivity index (χ0v) is 12.4. The zero-order valence-electron chi connectivity index (χ0n) is 12.4. The van der Waals surface area contributed by atoms with E-state index in [1.165, 1.54) is 19.3 Å². The van der Waals surface area contributed by atoms with Gasteiger partial charge in [0, 0.05) is 25.2 Å². The molecule has 0 radical (unpaired) electrons. The lowest BCUT2D eigenvalue weighted by atomic mass is 9.74. The number of ether oxygens (including phenoxy) is 1. The minimum Gasteiger partial charge on any atom is -0.376 e. The van der Waals surface area contributed by atoms with Gasteiger partial charge in [0.05, 0.1) is 11.6 Å². The van der Waals surface area contributed by atoms with Crippen LogP contribution < -0.4 is 5.73 Å². The van der Waals surface area contributed by atoms with E-state index in [0.717, 1.165) is 19.6 Å². The van der Waals surface area contributed by atoms with E-state index < -0.39 is 0 Å². The summed E-state index contributed by atoms with van der Waals surface area (Å²) in [7, 11) is 6.63. The molecule has 1 saturated heterocycles. The maximum absolute atomic E-state index is 6.08. The van der Waals surface area contributed by atoms with Crippen molar-refractivity contribution in [2.24, 2.45) is 5.73 Å². The molecule has 2 aliphatic rings. The second-order valence-electron chi connectivity index (χ2n) is 6.40. The molecule has 0 aromatic carbocycles. The van der Waals surface area contributed by atoms with Crippen molar-refractivity contribution in [3.8, 4) is 0 Å². The van der Waals surface area contributed by atoms with Crippen molar-refractivity contribution < 1.29 is 4.74 Å². The highest BCUT2D eigenvalue weighted by Crippen LogP contribution is 2.39. The molecule has 1 heterocycles. The number of nitrogens with zero attached hydrogens (tertiary/aromatic N) is 2. The maximum atomic E-state index is 6.08. The minimum atomic E-state index is 0.0403. The van der Waals surface area contributed by atoms with E-state index in [9.17, 15) is 0 Å². The fourth-order valence-electron chi connectivity index (χ4n) is 3.63. The molecule has 18 heavy (non-hydrogen) atoms. The van der Waals surface area contributed by atoms with Gasteiger partial charge >= 0.3 is 0 Å². The number of hydrogen-bond acceptors (Lipinski definition) is 4. The summed E-state index contributed by atoms with van der Waals surface area (Å²) >= 11 is 0. The van der Waals surface area contributed by atoms with Gasteiger partial charge in [-0.3, -0.25) is 4.90 Å². The van der Waals surface area contributed by atoms with Crippen LogP contribution in [-0.2, 0) is 4.74 Å². The largest absolute Gasteiger partial charge is 0.376 e. The molecule has 0 spiro atoms. The lowest BCUT2D eigenvalue weighted by Crippen LogP contribution is -2.64. The van der Waals surface area contributed by atoms with Gasteiger partial charge in [-0.25, -0.2) is 0 Å². The van der Waals surface area contributed by atoms with Crippen molar-refractivity contribution in [3.63, 3.8) is 0 Å². The summed E-state index contributed by atoms with van der Waals surface area (Å²) in [6.45, 7) is 4.80. The first-order chi connectivity index (χ1) is 8.47. The number of likely N-dealkylation sites (N-methyl/N-ethyl adjacent to an activating group) is 2. The molecule has 0 bridgehead atoms. The Morgan fingerprint density at radius 3 is 2.22 bits per heavy atom. The van der Waals surface area contributed by atoms with Crippen LogP contribution in [0.2, 0.25) is 0 Å². The third kappa shape index (κ3) is 2.09. The van der Waals surface area contributed by atoms with Gasteiger partial charge in [0.1, 0.15) is 0 Å². The fraction of sp³-hybridized carbons (Fsp3) is 1.00. The van der Waals surface area contributed by atoms with Crippen molar-refractivity contribution in [1.29, 1.82) is 0 Å². The van der Waals surface area contributed by atoms with Crippen LogP contribution in [0.1, 0.15) is 32.6 Å². The monoisotopic (exact) mass is 255 g/mol. The Morgan fingerprint density at radius 2 is 1.89 bits per heavy atom. The van der Waals surface area contributed by atoms with Gasteiger partial charge in [0.15, 0.2) is 0 Å². The summed E-state index contributed by atoms with van der Waals surface area (Å²) in [6, 6.07) is 0. The van der Waals surface area contributed by atoms with E-state index in [1.54, 1.807) is 0 Å². The molecular weight excluding hydrogens is 226 g/mol. The third-order valence-corrected chi connectivity index (χ3v) is 5.54. The summed E-state index contributed by atoms with van der Waals surface area (Å²) in [5, 5.41) is 0. The molecule has 1 aliphatic heterocycles. The van der Waals surface area contributed by atoms with E-state index >= 15 is 0 Å². The van der Waals surface area contributed by atoms with Crippen molar-refractivity contribution in [2.45, 2.75) is 49.8 Å². The highest BCUT2D eigenvalue weighted by atomic mass is 16.5. The van der Waals surface area contributed by atoms with Crippen LogP contribution in [-0.4, -0.2) is 67.8 Å². The molecule has 2 unspecified atom stereocenters. The summed E-state index contributed by atoms with van der Waals surface area (Å²) in [6.07, 6.45) is 5.27. The molecular formula is C14H29N3O. The molecule has 0 aromatic rings. The predicted octanol–water partition coefficient (Wildman–Crippen LogP) is 0.909. The average Bonchev–Trinajstić information content (AvgIpc) is 2.65. The molecule has 2 rings (SSSR count). The average molecular weight is 255 g/mol. The molecule has 106 valence electrons. The quantitative estimate of drug-likeness (QED) is 0.793. The summed E-state index contributed by atoms with van der Waals surface area (Å²) < 4.78 is 5.77. The van der Waals surface area contributed by atoms with Gasteiger partial charge in [-0.2, -0.15) is 0 Å². The Hall–Kier alpha value is -0.160. The van der Waals surface area contributed by atoms with E-state index in [4.69, 9.17) is 10.5 Å². The lowest BCUT2D eigenvalue weighted by Gasteiger charge is -2.53. The molecule has 4 heteroatoms. The first kappa shape index (κ1) is 14.3. The maximum Gasteiger partial charge on any atom is 0.0743 e. The Labute approximate surface area is 111 Å². The van der Waals surface area contributed by atoms with E-state index in [2.05, 4.69) is 37.9 Å². The molecule has 0 aromatic heterocycles. The Balaban J connectivity index is 2.08. The smallest absolute Gasteiger partial charge is 0.0743 e. The van der Waals surface area contributed by atoms with E-state index in [1.807, 2.05) is 0 Å². The van der Waals surface area contributed by atoms with Crippen LogP contribution in [0.25, 0.3) is 0 Å². The second kappa shape index (κ2) is 5.08. The van der Waals surface area contributed by atoms with Gasteiger partial charge in [-0.05, 0) is 53.8 Å². The Bertz CT molecular complexity index is 291. The van der Waals surface area contributed by atoms with Crippen LogP contribution in [0, 0.1) is 0 Å². The Morgan fingerprint density at radius 1 is 1.22 bits per heavy atom. The Kier molecular flexibility index (Phi) is 4.02. The normalized spacial score (nSPS) is 35.2.